The molecule has 0 fully saturated rings. The van der Waals surface area contributed by atoms with Gasteiger partial charge < -0.3 is 19.7 Å². The number of aromatic hydroxyl groups is 2. The smallest absolute Gasteiger partial charge is 0.301 e. The van der Waals surface area contributed by atoms with Crippen LogP contribution in [0.3, 0.4) is 0 Å². The van der Waals surface area contributed by atoms with E-state index < -0.39 is 37.9 Å². The minimum atomic E-state index is -4.84. The molecule has 0 heterocycles. The maximum absolute atomic E-state index is 12.5. The number of carbonyl (C=O) groups is 1. The maximum atomic E-state index is 12.5. The third kappa shape index (κ3) is 3.12. The Kier molecular flexibility index (Phi) is 4.67. The number of phenolic OH excluding ortho intramolecular Hbond substituents is 2. The van der Waals surface area contributed by atoms with Crippen LogP contribution in [0.15, 0.2) is 35.2 Å². The predicted octanol–water partition coefficient (Wildman–Crippen LogP) is 1.59. The van der Waals surface area contributed by atoms with Crippen LogP contribution in [0.4, 0.5) is 0 Å². The van der Waals surface area contributed by atoms with Crippen LogP contribution < -0.4 is 9.47 Å². The lowest BCUT2D eigenvalue weighted by Crippen LogP contribution is -2.08. The van der Waals surface area contributed by atoms with E-state index in [0.29, 0.717) is 5.75 Å². The highest BCUT2D eigenvalue weighted by atomic mass is 32.2. The summed E-state index contributed by atoms with van der Waals surface area (Å²) in [4.78, 5) is 11.6. The van der Waals surface area contributed by atoms with E-state index in [1.807, 2.05) is 0 Å². The fourth-order valence-electron chi connectivity index (χ4n) is 2.12. The number of ether oxygens (including phenoxy) is 2. The van der Waals surface area contributed by atoms with E-state index in [4.69, 9.17) is 9.47 Å². The second-order valence-corrected chi connectivity index (χ2v) is 6.04. The van der Waals surface area contributed by atoms with Gasteiger partial charge in [0.25, 0.3) is 0 Å². The van der Waals surface area contributed by atoms with E-state index in [9.17, 15) is 28.0 Å². The zero-order valence-electron chi connectivity index (χ0n) is 12.7. The standard InChI is InChI=1S/C15H14O8S/c1-22-8-3-4-9(11(16)7-8)13(17)10-5-6-12(23-2)15(14(10)18)24(19,20)21/h3-7,16,18H,1-2H3,(H,19,20,21). The van der Waals surface area contributed by atoms with Crippen LogP contribution >= 0.6 is 0 Å². The number of methoxy groups -OCH3 is 2. The summed E-state index contributed by atoms with van der Waals surface area (Å²) in [5.74, 6) is -2.26. The molecule has 0 aromatic heterocycles. The summed E-state index contributed by atoms with van der Waals surface area (Å²) in [6.07, 6.45) is 0. The summed E-state index contributed by atoms with van der Waals surface area (Å²) >= 11 is 0. The number of hydrogen-bond acceptors (Lipinski definition) is 7. The van der Waals surface area contributed by atoms with Crippen molar-refractivity contribution in [3.63, 3.8) is 0 Å². The molecule has 0 aliphatic carbocycles. The van der Waals surface area contributed by atoms with Gasteiger partial charge in [0.15, 0.2) is 10.6 Å². The van der Waals surface area contributed by atoms with Crippen LogP contribution in [-0.2, 0) is 10.1 Å². The van der Waals surface area contributed by atoms with Gasteiger partial charge in [-0.1, -0.05) is 0 Å². The predicted molar refractivity (Wildman–Crippen MR) is 82.6 cm³/mol. The lowest BCUT2D eigenvalue weighted by atomic mass is 10.0. The van der Waals surface area contributed by atoms with Crippen molar-refractivity contribution in [1.29, 1.82) is 0 Å². The molecular formula is C15H14O8S. The normalized spacial score (nSPS) is 11.1. The van der Waals surface area contributed by atoms with Gasteiger partial charge in [0, 0.05) is 6.07 Å². The van der Waals surface area contributed by atoms with E-state index >= 15 is 0 Å². The van der Waals surface area contributed by atoms with Gasteiger partial charge in [0.05, 0.1) is 25.3 Å². The minimum absolute atomic E-state index is 0.183. The van der Waals surface area contributed by atoms with Gasteiger partial charge in [-0.3, -0.25) is 9.35 Å². The second kappa shape index (κ2) is 6.38. The van der Waals surface area contributed by atoms with Gasteiger partial charge in [0.1, 0.15) is 17.2 Å². The summed E-state index contributed by atoms with van der Waals surface area (Å²) in [7, 11) is -2.33. The second-order valence-electron chi connectivity index (χ2n) is 4.68. The van der Waals surface area contributed by atoms with Crippen LogP contribution in [0.1, 0.15) is 15.9 Å². The molecule has 0 atom stereocenters. The summed E-state index contributed by atoms with van der Waals surface area (Å²) < 4.78 is 41.8. The zero-order valence-corrected chi connectivity index (χ0v) is 13.5. The number of benzene rings is 2. The molecule has 2 aromatic rings. The molecule has 0 bridgehead atoms. The van der Waals surface area contributed by atoms with Crippen molar-refractivity contribution in [3.05, 3.63) is 41.5 Å². The summed E-state index contributed by atoms with van der Waals surface area (Å²) in [5.41, 5.74) is -0.610. The first-order valence-corrected chi connectivity index (χ1v) is 7.93. The van der Waals surface area contributed by atoms with Crippen molar-refractivity contribution in [3.8, 4) is 23.0 Å². The van der Waals surface area contributed by atoms with Crippen LogP contribution in [0.5, 0.6) is 23.0 Å². The summed E-state index contributed by atoms with van der Waals surface area (Å²) in [5, 5.41) is 20.0. The molecule has 2 aromatic carbocycles. The zero-order chi connectivity index (χ0) is 18.1. The third-order valence-electron chi connectivity index (χ3n) is 3.27. The fourth-order valence-corrected chi connectivity index (χ4v) is 2.88. The lowest BCUT2D eigenvalue weighted by molar-refractivity contribution is 0.103. The van der Waals surface area contributed by atoms with Crippen molar-refractivity contribution in [2.45, 2.75) is 4.90 Å². The molecule has 9 heteroatoms. The Labute approximate surface area is 137 Å². The molecule has 0 aliphatic heterocycles. The number of hydrogen-bond donors (Lipinski definition) is 3. The van der Waals surface area contributed by atoms with E-state index in [1.165, 1.54) is 25.3 Å². The minimum Gasteiger partial charge on any atom is -0.507 e. The van der Waals surface area contributed by atoms with E-state index in [-0.39, 0.29) is 11.3 Å². The summed E-state index contributed by atoms with van der Waals surface area (Å²) in [6, 6.07) is 6.09. The molecule has 2 rings (SSSR count). The molecule has 0 spiro atoms. The van der Waals surface area contributed by atoms with E-state index in [0.717, 1.165) is 19.2 Å². The Morgan fingerprint density at radius 2 is 1.62 bits per heavy atom. The summed E-state index contributed by atoms with van der Waals surface area (Å²) in [6.45, 7) is 0. The molecule has 8 nitrogen and oxygen atoms in total. The van der Waals surface area contributed by atoms with Gasteiger partial charge in [-0.25, -0.2) is 0 Å². The highest BCUT2D eigenvalue weighted by Gasteiger charge is 2.28. The van der Waals surface area contributed by atoms with Gasteiger partial charge in [0.2, 0.25) is 5.78 Å². The first-order valence-electron chi connectivity index (χ1n) is 6.49. The van der Waals surface area contributed by atoms with Gasteiger partial charge in [-0.05, 0) is 24.3 Å². The monoisotopic (exact) mass is 354 g/mol. The van der Waals surface area contributed by atoms with Crippen molar-refractivity contribution in [1.82, 2.24) is 0 Å². The molecule has 3 N–H and O–H groups in total. The van der Waals surface area contributed by atoms with Crippen LogP contribution in [0.25, 0.3) is 0 Å². The molecule has 24 heavy (non-hydrogen) atoms. The Morgan fingerprint density at radius 1 is 1.00 bits per heavy atom. The highest BCUT2D eigenvalue weighted by molar-refractivity contribution is 7.86. The number of carbonyl (C=O) groups excluding carboxylic acids is 1. The first kappa shape index (κ1) is 17.6. The van der Waals surface area contributed by atoms with Gasteiger partial charge >= 0.3 is 10.1 Å². The van der Waals surface area contributed by atoms with Crippen LogP contribution in [0, 0.1) is 0 Å². The van der Waals surface area contributed by atoms with Gasteiger partial charge in [-0.15, -0.1) is 0 Å². The lowest BCUT2D eigenvalue weighted by Gasteiger charge is -2.12. The highest BCUT2D eigenvalue weighted by Crippen LogP contribution is 2.37. The average Bonchev–Trinajstić information content (AvgIpc) is 2.52. The Balaban J connectivity index is 2.63. The Hall–Kier alpha value is -2.78. The van der Waals surface area contributed by atoms with Crippen molar-refractivity contribution in [2.24, 2.45) is 0 Å². The molecule has 0 amide bonds. The molecular weight excluding hydrogens is 340 g/mol. The molecule has 0 saturated heterocycles. The molecule has 0 unspecified atom stereocenters. The van der Waals surface area contributed by atoms with Crippen LogP contribution in [0.2, 0.25) is 0 Å². The van der Waals surface area contributed by atoms with Crippen molar-refractivity contribution < 1.29 is 37.5 Å². The van der Waals surface area contributed by atoms with Gasteiger partial charge in [-0.2, -0.15) is 8.42 Å². The third-order valence-corrected chi connectivity index (χ3v) is 4.18. The largest absolute Gasteiger partial charge is 0.507 e. The number of rotatable bonds is 5. The molecule has 128 valence electrons. The van der Waals surface area contributed by atoms with E-state index in [1.54, 1.807) is 0 Å². The maximum Gasteiger partial charge on any atom is 0.301 e. The van der Waals surface area contributed by atoms with Crippen molar-refractivity contribution in [2.75, 3.05) is 14.2 Å². The number of ketones is 1. The fraction of sp³-hybridized carbons (Fsp3) is 0.133. The topological polar surface area (TPSA) is 130 Å². The first-order chi connectivity index (χ1) is 11.2. The molecule has 0 radical (unpaired) electrons. The van der Waals surface area contributed by atoms with Crippen LogP contribution in [-0.4, -0.2) is 43.2 Å². The molecule has 0 aliphatic rings. The SMILES string of the molecule is COc1ccc(C(=O)c2ccc(OC)c(S(=O)(=O)O)c2O)c(O)c1. The quantitative estimate of drug-likeness (QED) is 0.545. The number of phenols is 2. The van der Waals surface area contributed by atoms with Crippen molar-refractivity contribution >= 4 is 15.9 Å². The Morgan fingerprint density at radius 3 is 2.12 bits per heavy atom. The Bertz CT molecular complexity index is 902. The average molecular weight is 354 g/mol. The van der Waals surface area contributed by atoms with E-state index in [2.05, 4.69) is 0 Å². The molecule has 0 saturated carbocycles.